The smallest absolute Gasteiger partial charge is 0.0545 e. The summed E-state index contributed by atoms with van der Waals surface area (Å²) in [6, 6.07) is 0. The fourth-order valence-corrected chi connectivity index (χ4v) is 0.760. The second kappa shape index (κ2) is 3.90. The molecule has 0 aliphatic heterocycles. The lowest BCUT2D eigenvalue weighted by molar-refractivity contribution is 0.0997. The van der Waals surface area contributed by atoms with Crippen LogP contribution in [0.5, 0.6) is 0 Å². The summed E-state index contributed by atoms with van der Waals surface area (Å²) in [4.78, 5) is 0. The van der Waals surface area contributed by atoms with E-state index in [0.717, 1.165) is 12.3 Å². The van der Waals surface area contributed by atoms with Crippen molar-refractivity contribution in [3.63, 3.8) is 0 Å². The van der Waals surface area contributed by atoms with Gasteiger partial charge < -0.3 is 4.74 Å². The molecular weight excluding hydrogens is 100 g/mol. The first-order valence-corrected chi connectivity index (χ1v) is 3.19. The zero-order valence-corrected chi connectivity index (χ0v) is 6.27. The van der Waals surface area contributed by atoms with E-state index in [1.165, 1.54) is 0 Å². The van der Waals surface area contributed by atoms with Crippen LogP contribution < -0.4 is 0 Å². The summed E-state index contributed by atoms with van der Waals surface area (Å²) in [7, 11) is 1.76. The van der Waals surface area contributed by atoms with Gasteiger partial charge in [-0.05, 0) is 19.3 Å². The predicted molar refractivity (Wildman–Crippen MR) is 35.9 cm³/mol. The maximum atomic E-state index is 5.06. The first-order chi connectivity index (χ1) is 3.66. The Morgan fingerprint density at radius 1 is 1.25 bits per heavy atom. The third-order valence-electron chi connectivity index (χ3n) is 1.21. The van der Waals surface area contributed by atoms with Crippen LogP contribution in [0.15, 0.2) is 0 Å². The molecule has 1 heteroatoms. The lowest BCUT2D eigenvalue weighted by Crippen LogP contribution is -2.07. The molecule has 1 atom stereocenters. The summed E-state index contributed by atoms with van der Waals surface area (Å²) in [6.45, 7) is 6.50. The Hall–Kier alpha value is -0.0400. The van der Waals surface area contributed by atoms with Gasteiger partial charge in [0.2, 0.25) is 0 Å². The van der Waals surface area contributed by atoms with Crippen molar-refractivity contribution in [2.45, 2.75) is 33.3 Å². The van der Waals surface area contributed by atoms with Crippen LogP contribution in [-0.2, 0) is 4.74 Å². The molecule has 0 fully saturated rings. The van der Waals surface area contributed by atoms with E-state index in [0.29, 0.717) is 6.10 Å². The van der Waals surface area contributed by atoms with E-state index in [4.69, 9.17) is 4.74 Å². The molecule has 0 bridgehead atoms. The van der Waals surface area contributed by atoms with Gasteiger partial charge in [0.1, 0.15) is 0 Å². The average molecular weight is 116 g/mol. The molecule has 0 heterocycles. The number of hydrogen-bond donors (Lipinski definition) is 0. The van der Waals surface area contributed by atoms with Gasteiger partial charge in [-0.15, -0.1) is 0 Å². The zero-order chi connectivity index (χ0) is 6.57. The maximum absolute atomic E-state index is 5.06. The standard InChI is InChI=1S/C7H16O/c1-6(2)5-7(3)8-4/h6-7H,5H2,1-4H3/t7-/m0/s1. The molecule has 0 saturated carbocycles. The molecule has 0 saturated heterocycles. The van der Waals surface area contributed by atoms with Gasteiger partial charge >= 0.3 is 0 Å². The fraction of sp³-hybridized carbons (Fsp3) is 1.00. The molecule has 8 heavy (non-hydrogen) atoms. The molecule has 0 unspecified atom stereocenters. The Balaban J connectivity index is 3.10. The van der Waals surface area contributed by atoms with Crippen LogP contribution in [0, 0.1) is 5.92 Å². The summed E-state index contributed by atoms with van der Waals surface area (Å²) in [5, 5.41) is 0. The second-order valence-electron chi connectivity index (χ2n) is 2.68. The molecule has 0 amide bonds. The summed E-state index contributed by atoms with van der Waals surface area (Å²) < 4.78 is 5.06. The summed E-state index contributed by atoms with van der Waals surface area (Å²) >= 11 is 0. The molecule has 0 aromatic rings. The van der Waals surface area contributed by atoms with Gasteiger partial charge in [-0.1, -0.05) is 13.8 Å². The van der Waals surface area contributed by atoms with Crippen molar-refractivity contribution in [3.8, 4) is 0 Å². The normalized spacial score (nSPS) is 14.6. The van der Waals surface area contributed by atoms with Crippen LogP contribution in [0.2, 0.25) is 0 Å². The van der Waals surface area contributed by atoms with Crippen molar-refractivity contribution in [1.82, 2.24) is 0 Å². The van der Waals surface area contributed by atoms with E-state index >= 15 is 0 Å². The van der Waals surface area contributed by atoms with Crippen LogP contribution in [0.4, 0.5) is 0 Å². The van der Waals surface area contributed by atoms with Crippen molar-refractivity contribution in [2.24, 2.45) is 5.92 Å². The molecule has 50 valence electrons. The average Bonchev–Trinajstić information content (AvgIpc) is 1.65. The fourth-order valence-electron chi connectivity index (χ4n) is 0.760. The van der Waals surface area contributed by atoms with Gasteiger partial charge in [-0.3, -0.25) is 0 Å². The Morgan fingerprint density at radius 2 is 1.75 bits per heavy atom. The highest BCUT2D eigenvalue weighted by Gasteiger charge is 2.00. The lowest BCUT2D eigenvalue weighted by Gasteiger charge is -2.10. The van der Waals surface area contributed by atoms with Crippen molar-refractivity contribution in [1.29, 1.82) is 0 Å². The predicted octanol–water partition coefficient (Wildman–Crippen LogP) is 2.07. The number of hydrogen-bond acceptors (Lipinski definition) is 1. The van der Waals surface area contributed by atoms with Gasteiger partial charge in [0.05, 0.1) is 6.10 Å². The molecule has 0 aliphatic carbocycles. The molecular formula is C7H16O. The monoisotopic (exact) mass is 116 g/mol. The Morgan fingerprint density at radius 3 is 1.88 bits per heavy atom. The SMILES string of the molecule is CO[C@@H](C)CC(C)C. The van der Waals surface area contributed by atoms with Crippen molar-refractivity contribution in [2.75, 3.05) is 7.11 Å². The lowest BCUT2D eigenvalue weighted by atomic mass is 10.1. The summed E-state index contributed by atoms with van der Waals surface area (Å²) in [6.07, 6.45) is 1.59. The Kier molecular flexibility index (Phi) is 3.88. The van der Waals surface area contributed by atoms with Gasteiger partial charge in [-0.25, -0.2) is 0 Å². The molecule has 0 spiro atoms. The van der Waals surface area contributed by atoms with Crippen LogP contribution in [-0.4, -0.2) is 13.2 Å². The summed E-state index contributed by atoms with van der Waals surface area (Å²) in [5.74, 6) is 0.755. The second-order valence-corrected chi connectivity index (χ2v) is 2.68. The van der Waals surface area contributed by atoms with E-state index in [9.17, 15) is 0 Å². The number of rotatable bonds is 3. The molecule has 0 aromatic carbocycles. The third kappa shape index (κ3) is 4.13. The van der Waals surface area contributed by atoms with Crippen molar-refractivity contribution >= 4 is 0 Å². The highest BCUT2D eigenvalue weighted by Crippen LogP contribution is 2.05. The zero-order valence-electron chi connectivity index (χ0n) is 6.27. The molecule has 0 N–H and O–H groups in total. The van der Waals surface area contributed by atoms with Crippen LogP contribution >= 0.6 is 0 Å². The number of methoxy groups -OCH3 is 1. The van der Waals surface area contributed by atoms with E-state index in [2.05, 4.69) is 20.8 Å². The van der Waals surface area contributed by atoms with E-state index in [1.807, 2.05) is 0 Å². The Labute approximate surface area is 52.0 Å². The van der Waals surface area contributed by atoms with Crippen LogP contribution in [0.25, 0.3) is 0 Å². The largest absolute Gasteiger partial charge is 0.382 e. The third-order valence-corrected chi connectivity index (χ3v) is 1.21. The molecule has 0 aromatic heterocycles. The van der Waals surface area contributed by atoms with E-state index in [1.54, 1.807) is 7.11 Å². The molecule has 1 nitrogen and oxygen atoms in total. The van der Waals surface area contributed by atoms with Crippen molar-refractivity contribution < 1.29 is 4.74 Å². The first-order valence-electron chi connectivity index (χ1n) is 3.19. The minimum absolute atomic E-state index is 0.426. The quantitative estimate of drug-likeness (QED) is 0.548. The van der Waals surface area contributed by atoms with E-state index < -0.39 is 0 Å². The maximum Gasteiger partial charge on any atom is 0.0545 e. The molecule has 0 rings (SSSR count). The van der Waals surface area contributed by atoms with Gasteiger partial charge in [0, 0.05) is 7.11 Å². The summed E-state index contributed by atoms with van der Waals surface area (Å²) in [5.41, 5.74) is 0. The van der Waals surface area contributed by atoms with Crippen LogP contribution in [0.1, 0.15) is 27.2 Å². The topological polar surface area (TPSA) is 9.23 Å². The Bertz CT molecular complexity index is 50.3. The van der Waals surface area contributed by atoms with Crippen LogP contribution in [0.3, 0.4) is 0 Å². The first kappa shape index (κ1) is 7.96. The van der Waals surface area contributed by atoms with Crippen molar-refractivity contribution in [3.05, 3.63) is 0 Å². The highest BCUT2D eigenvalue weighted by molar-refractivity contribution is 4.51. The molecule has 0 aliphatic rings. The minimum Gasteiger partial charge on any atom is -0.382 e. The van der Waals surface area contributed by atoms with Gasteiger partial charge in [0.15, 0.2) is 0 Å². The highest BCUT2D eigenvalue weighted by atomic mass is 16.5. The van der Waals surface area contributed by atoms with E-state index in [-0.39, 0.29) is 0 Å². The minimum atomic E-state index is 0.426. The van der Waals surface area contributed by atoms with Gasteiger partial charge in [-0.2, -0.15) is 0 Å². The van der Waals surface area contributed by atoms with Gasteiger partial charge in [0.25, 0.3) is 0 Å². The molecule has 0 radical (unpaired) electrons. The number of ether oxygens (including phenoxy) is 1.